The van der Waals surface area contributed by atoms with Crippen LogP contribution in [0.2, 0.25) is 0 Å². The SMILES string of the molecule is C=CCCCCCN(C)CC(C)(C)CN. The zero-order valence-electron chi connectivity index (χ0n) is 10.8. The minimum absolute atomic E-state index is 0.246. The van der Waals surface area contributed by atoms with E-state index in [4.69, 9.17) is 5.73 Å². The molecule has 0 bridgehead atoms. The first-order valence-electron chi connectivity index (χ1n) is 6.01. The smallest absolute Gasteiger partial charge is 0.00417 e. The van der Waals surface area contributed by atoms with Crippen LogP contribution in [0.3, 0.4) is 0 Å². The first-order chi connectivity index (χ1) is 7.02. The lowest BCUT2D eigenvalue weighted by Gasteiger charge is -2.28. The quantitative estimate of drug-likeness (QED) is 0.470. The summed E-state index contributed by atoms with van der Waals surface area (Å²) in [4.78, 5) is 2.39. The van der Waals surface area contributed by atoms with Gasteiger partial charge in [0.25, 0.3) is 0 Å². The van der Waals surface area contributed by atoms with E-state index < -0.39 is 0 Å². The predicted octanol–water partition coefficient (Wildman–Crippen LogP) is 2.65. The van der Waals surface area contributed by atoms with Gasteiger partial charge in [0.05, 0.1) is 0 Å². The molecule has 0 atom stereocenters. The molecule has 0 amide bonds. The molecule has 0 unspecified atom stereocenters. The molecule has 0 aromatic heterocycles. The van der Waals surface area contributed by atoms with Crippen LogP contribution >= 0.6 is 0 Å². The summed E-state index contributed by atoms with van der Waals surface area (Å²) in [6.45, 7) is 11.2. The molecular weight excluding hydrogens is 184 g/mol. The molecule has 0 aromatic rings. The highest BCUT2D eigenvalue weighted by atomic mass is 15.1. The Morgan fingerprint density at radius 3 is 2.47 bits per heavy atom. The molecule has 0 radical (unpaired) electrons. The van der Waals surface area contributed by atoms with Crippen molar-refractivity contribution in [1.29, 1.82) is 0 Å². The standard InChI is InChI=1S/C13H28N2/c1-5-6-7-8-9-10-15(4)12-13(2,3)11-14/h5H,1,6-12,14H2,2-4H3. The molecule has 90 valence electrons. The molecule has 0 aliphatic rings. The van der Waals surface area contributed by atoms with Gasteiger partial charge in [-0.25, -0.2) is 0 Å². The second kappa shape index (κ2) is 7.89. The fourth-order valence-electron chi connectivity index (χ4n) is 1.72. The Bertz CT molecular complexity index is 164. The molecule has 0 heterocycles. The van der Waals surface area contributed by atoms with E-state index in [1.54, 1.807) is 0 Å². The van der Waals surface area contributed by atoms with Crippen LogP contribution in [-0.2, 0) is 0 Å². The molecule has 0 saturated heterocycles. The second-order valence-electron chi connectivity index (χ2n) is 5.24. The van der Waals surface area contributed by atoms with Crippen LogP contribution in [0.4, 0.5) is 0 Å². The van der Waals surface area contributed by atoms with Crippen LogP contribution in [-0.4, -0.2) is 31.6 Å². The lowest BCUT2D eigenvalue weighted by atomic mass is 9.93. The van der Waals surface area contributed by atoms with Crippen LogP contribution in [0.15, 0.2) is 12.7 Å². The molecule has 15 heavy (non-hydrogen) atoms. The van der Waals surface area contributed by atoms with Crippen LogP contribution in [0.5, 0.6) is 0 Å². The number of hydrogen-bond donors (Lipinski definition) is 1. The van der Waals surface area contributed by atoms with Gasteiger partial charge in [-0.15, -0.1) is 6.58 Å². The maximum atomic E-state index is 5.71. The van der Waals surface area contributed by atoms with E-state index in [-0.39, 0.29) is 5.41 Å². The molecular formula is C13H28N2. The third-order valence-electron chi connectivity index (χ3n) is 2.70. The average molecular weight is 212 g/mol. The van der Waals surface area contributed by atoms with E-state index in [0.717, 1.165) is 19.5 Å². The van der Waals surface area contributed by atoms with Gasteiger partial charge in [-0.1, -0.05) is 26.3 Å². The zero-order valence-corrected chi connectivity index (χ0v) is 10.8. The van der Waals surface area contributed by atoms with E-state index in [9.17, 15) is 0 Å². The summed E-state index contributed by atoms with van der Waals surface area (Å²) in [6, 6.07) is 0. The van der Waals surface area contributed by atoms with Crippen LogP contribution in [0.25, 0.3) is 0 Å². The second-order valence-corrected chi connectivity index (χ2v) is 5.24. The van der Waals surface area contributed by atoms with Gasteiger partial charge in [0, 0.05) is 6.54 Å². The maximum Gasteiger partial charge on any atom is 0.00417 e. The summed E-state index contributed by atoms with van der Waals surface area (Å²) in [7, 11) is 2.19. The molecule has 0 rings (SSSR count). The molecule has 2 nitrogen and oxygen atoms in total. The zero-order chi connectivity index (χ0) is 11.7. The number of allylic oxidation sites excluding steroid dienone is 1. The van der Waals surface area contributed by atoms with Crippen molar-refractivity contribution < 1.29 is 0 Å². The van der Waals surface area contributed by atoms with Crippen molar-refractivity contribution in [3.05, 3.63) is 12.7 Å². The first-order valence-corrected chi connectivity index (χ1v) is 6.01. The molecule has 2 N–H and O–H groups in total. The van der Waals surface area contributed by atoms with Crippen molar-refractivity contribution in [2.24, 2.45) is 11.1 Å². The topological polar surface area (TPSA) is 29.3 Å². The summed E-state index contributed by atoms with van der Waals surface area (Å²) in [5.41, 5.74) is 5.96. The monoisotopic (exact) mass is 212 g/mol. The summed E-state index contributed by atoms with van der Waals surface area (Å²) in [5, 5.41) is 0. The highest BCUT2D eigenvalue weighted by molar-refractivity contribution is 4.73. The van der Waals surface area contributed by atoms with E-state index in [1.165, 1.54) is 25.8 Å². The van der Waals surface area contributed by atoms with Gasteiger partial charge in [0.2, 0.25) is 0 Å². The highest BCUT2D eigenvalue weighted by Gasteiger charge is 2.17. The third kappa shape index (κ3) is 8.64. The fourth-order valence-corrected chi connectivity index (χ4v) is 1.72. The van der Waals surface area contributed by atoms with Gasteiger partial charge in [-0.2, -0.15) is 0 Å². The predicted molar refractivity (Wildman–Crippen MR) is 69.0 cm³/mol. The summed E-state index contributed by atoms with van der Waals surface area (Å²) in [5.74, 6) is 0. The van der Waals surface area contributed by atoms with Gasteiger partial charge in [0.15, 0.2) is 0 Å². The van der Waals surface area contributed by atoms with E-state index in [2.05, 4.69) is 32.4 Å². The largest absolute Gasteiger partial charge is 0.330 e. The Balaban J connectivity index is 3.48. The van der Waals surface area contributed by atoms with Crippen molar-refractivity contribution in [1.82, 2.24) is 4.90 Å². The van der Waals surface area contributed by atoms with Gasteiger partial charge in [-0.3, -0.25) is 0 Å². The molecule has 0 spiro atoms. The number of nitrogens with zero attached hydrogens (tertiary/aromatic N) is 1. The van der Waals surface area contributed by atoms with Gasteiger partial charge >= 0.3 is 0 Å². The lowest BCUT2D eigenvalue weighted by Crippen LogP contribution is -2.37. The number of nitrogens with two attached hydrogens (primary N) is 1. The Morgan fingerprint density at radius 1 is 1.27 bits per heavy atom. The molecule has 0 fully saturated rings. The van der Waals surface area contributed by atoms with Crippen molar-refractivity contribution in [3.63, 3.8) is 0 Å². The van der Waals surface area contributed by atoms with Gasteiger partial charge in [0.1, 0.15) is 0 Å². The minimum Gasteiger partial charge on any atom is -0.330 e. The Kier molecular flexibility index (Phi) is 7.71. The first kappa shape index (κ1) is 14.7. The van der Waals surface area contributed by atoms with E-state index in [1.807, 2.05) is 6.08 Å². The van der Waals surface area contributed by atoms with Crippen LogP contribution in [0.1, 0.15) is 39.5 Å². The summed E-state index contributed by atoms with van der Waals surface area (Å²) < 4.78 is 0. The molecule has 0 aliphatic heterocycles. The molecule has 0 aromatic carbocycles. The lowest BCUT2D eigenvalue weighted by molar-refractivity contribution is 0.213. The van der Waals surface area contributed by atoms with Crippen molar-refractivity contribution in [3.8, 4) is 0 Å². The van der Waals surface area contributed by atoms with Crippen molar-refractivity contribution >= 4 is 0 Å². The molecule has 0 saturated carbocycles. The number of rotatable bonds is 9. The minimum atomic E-state index is 0.246. The van der Waals surface area contributed by atoms with Crippen molar-refractivity contribution in [2.75, 3.05) is 26.7 Å². The van der Waals surface area contributed by atoms with E-state index >= 15 is 0 Å². The van der Waals surface area contributed by atoms with Crippen molar-refractivity contribution in [2.45, 2.75) is 39.5 Å². The molecule has 2 heteroatoms. The number of unbranched alkanes of at least 4 members (excludes halogenated alkanes) is 3. The maximum absolute atomic E-state index is 5.71. The van der Waals surface area contributed by atoms with Crippen LogP contribution < -0.4 is 5.73 Å². The van der Waals surface area contributed by atoms with Crippen LogP contribution in [0, 0.1) is 5.41 Å². The normalized spacial score (nSPS) is 12.1. The Hall–Kier alpha value is -0.340. The molecule has 0 aliphatic carbocycles. The van der Waals surface area contributed by atoms with Gasteiger partial charge in [-0.05, 0) is 44.8 Å². The Labute approximate surface area is 95.5 Å². The van der Waals surface area contributed by atoms with Gasteiger partial charge < -0.3 is 10.6 Å². The van der Waals surface area contributed by atoms with E-state index in [0.29, 0.717) is 0 Å². The fraction of sp³-hybridized carbons (Fsp3) is 0.846. The number of hydrogen-bond acceptors (Lipinski definition) is 2. The summed E-state index contributed by atoms with van der Waals surface area (Å²) >= 11 is 0. The third-order valence-corrected chi connectivity index (χ3v) is 2.70. The highest BCUT2D eigenvalue weighted by Crippen LogP contribution is 2.14. The average Bonchev–Trinajstić information content (AvgIpc) is 2.17. The Morgan fingerprint density at radius 2 is 1.93 bits per heavy atom. The summed E-state index contributed by atoms with van der Waals surface area (Å²) in [6.07, 6.45) is 7.02.